The average Bonchev–Trinajstić information content (AvgIpc) is 3.39. The van der Waals surface area contributed by atoms with Gasteiger partial charge in [0, 0.05) is 6.42 Å². The van der Waals surface area contributed by atoms with E-state index in [-0.39, 0.29) is 47.6 Å². The molecule has 0 spiro atoms. The first-order valence-corrected chi connectivity index (χ1v) is 26.4. The summed E-state index contributed by atoms with van der Waals surface area (Å²) in [6.07, 6.45) is 23.9. The number of hydrogen-bond acceptors (Lipinski definition) is 10. The smallest absolute Gasteiger partial charge is 0.343 e. The van der Waals surface area contributed by atoms with Crippen molar-refractivity contribution in [3.05, 3.63) is 113 Å². The first kappa shape index (κ1) is 59.6. The fourth-order valence-electron chi connectivity index (χ4n) is 7.89. The van der Waals surface area contributed by atoms with Gasteiger partial charge in [-0.2, -0.15) is 8.78 Å². The largest absolute Gasteiger partial charge is 0.494 e. The van der Waals surface area contributed by atoms with E-state index in [1.165, 1.54) is 95.2 Å². The number of benzene rings is 4. The van der Waals surface area contributed by atoms with Gasteiger partial charge in [-0.05, 0) is 92.4 Å². The Morgan fingerprint density at radius 3 is 1.23 bits per heavy atom. The minimum atomic E-state index is -2.34. The number of unbranched alkanes of at least 4 members (excludes halogenated alkanes) is 21. The van der Waals surface area contributed by atoms with Crippen LogP contribution in [0, 0.1) is 29.1 Å². The van der Waals surface area contributed by atoms with Gasteiger partial charge in [-0.15, -0.1) is 0 Å². The predicted octanol–water partition coefficient (Wildman–Crippen LogP) is 16.1. The molecule has 0 bridgehead atoms. The van der Waals surface area contributed by atoms with Crippen LogP contribution in [0.4, 0.5) is 22.0 Å². The number of esters is 4. The Morgan fingerprint density at radius 2 is 0.767 bits per heavy atom. The zero-order valence-electron chi connectivity index (χ0n) is 42.6. The fourth-order valence-corrected chi connectivity index (χ4v) is 7.89. The van der Waals surface area contributed by atoms with Crippen LogP contribution in [0.2, 0.25) is 0 Å². The van der Waals surface area contributed by atoms with Crippen LogP contribution < -0.4 is 23.7 Å². The van der Waals surface area contributed by atoms with E-state index in [1.54, 1.807) is 48.5 Å². The van der Waals surface area contributed by atoms with Gasteiger partial charge in [0.05, 0.1) is 30.9 Å². The Morgan fingerprint density at radius 1 is 0.384 bits per heavy atom. The number of ether oxygens (including phenoxy) is 6. The van der Waals surface area contributed by atoms with Crippen LogP contribution in [0.25, 0.3) is 0 Å². The van der Waals surface area contributed by atoms with Crippen LogP contribution in [0.1, 0.15) is 205 Å². The van der Waals surface area contributed by atoms with Gasteiger partial charge in [-0.1, -0.05) is 142 Å². The third-order valence-electron chi connectivity index (χ3n) is 12.2. The second-order valence-corrected chi connectivity index (χ2v) is 18.2. The van der Waals surface area contributed by atoms with Crippen molar-refractivity contribution >= 4 is 23.9 Å². The number of halogens is 5. The molecule has 0 atom stereocenters. The lowest BCUT2D eigenvalue weighted by Crippen LogP contribution is -2.14. The van der Waals surface area contributed by atoms with Crippen molar-refractivity contribution in [3.63, 3.8) is 0 Å². The zero-order valence-corrected chi connectivity index (χ0v) is 42.6. The number of carbonyl (C=O) groups excluding carboxylic acids is 4. The van der Waals surface area contributed by atoms with Gasteiger partial charge >= 0.3 is 23.9 Å². The van der Waals surface area contributed by atoms with E-state index in [2.05, 4.69) is 18.6 Å². The molecule has 4 rings (SSSR count). The lowest BCUT2D eigenvalue weighted by molar-refractivity contribution is -0.135. The number of carbonyl (C=O) groups is 4. The van der Waals surface area contributed by atoms with Crippen LogP contribution >= 0.6 is 0 Å². The molecular weight excluding hydrogens is 952 g/mol. The van der Waals surface area contributed by atoms with Crippen molar-refractivity contribution in [1.82, 2.24) is 0 Å². The van der Waals surface area contributed by atoms with Crippen LogP contribution in [0.5, 0.6) is 28.7 Å². The highest BCUT2D eigenvalue weighted by Gasteiger charge is 2.28. The van der Waals surface area contributed by atoms with E-state index in [1.807, 2.05) is 0 Å². The summed E-state index contributed by atoms with van der Waals surface area (Å²) in [5, 5.41) is 0. The van der Waals surface area contributed by atoms with Gasteiger partial charge in [0.1, 0.15) is 28.6 Å². The SMILES string of the molecule is CCCCCCCCCCOc1ccc(C(=O)Oc2ccc(OC(=O)c3ccc(OCCCCCCCCCC)cc3)c(C(=O)OCCCCCCCCCCC(=O)Oc3c(F)c(F)c(F)c(F)c3F)c2)cc1. The molecule has 0 unspecified atom stereocenters. The van der Waals surface area contributed by atoms with Gasteiger partial charge in [0.25, 0.3) is 0 Å². The van der Waals surface area contributed by atoms with E-state index in [4.69, 9.17) is 23.7 Å². The second kappa shape index (κ2) is 34.4. The average molecular weight is 1030 g/mol. The Hall–Kier alpha value is -5.99. The topological polar surface area (TPSA) is 124 Å². The molecule has 0 aliphatic rings. The quantitative estimate of drug-likeness (QED) is 0.0108. The summed E-state index contributed by atoms with van der Waals surface area (Å²) in [6.45, 7) is 5.62. The third kappa shape index (κ3) is 21.9. The second-order valence-electron chi connectivity index (χ2n) is 18.2. The highest BCUT2D eigenvalue weighted by Crippen LogP contribution is 2.31. The predicted molar refractivity (Wildman–Crippen MR) is 269 cm³/mol. The first-order valence-electron chi connectivity index (χ1n) is 26.4. The standard InChI is InChI=1S/C58H73F5O10/c1-3-5-7-9-11-16-20-24-38-68-44-32-28-42(29-33-44)56(65)71-46-36-37-48(72-57(66)43-30-34-45(35-31-43)69-39-25-21-17-12-10-8-6-4-2)47(41-46)58(67)70-40-26-22-18-14-13-15-19-23-27-49(64)73-55-53(62)51(60)50(59)52(61)54(55)63/h28-37,41H,3-27,38-40H2,1-2H3. The molecular formula is C58H73F5O10. The fraction of sp³-hybridized carbons (Fsp3) is 0.517. The molecule has 0 heterocycles. The molecule has 0 aliphatic carbocycles. The monoisotopic (exact) mass is 1020 g/mol. The molecule has 0 aliphatic heterocycles. The van der Waals surface area contributed by atoms with E-state index in [0.717, 1.165) is 44.9 Å². The van der Waals surface area contributed by atoms with E-state index >= 15 is 0 Å². The Balaban J connectivity index is 1.25. The van der Waals surface area contributed by atoms with Gasteiger partial charge in [0.2, 0.25) is 34.8 Å². The number of hydrogen-bond donors (Lipinski definition) is 0. The van der Waals surface area contributed by atoms with Gasteiger partial charge in [-0.3, -0.25) is 4.79 Å². The Labute approximate surface area is 427 Å². The summed E-state index contributed by atoms with van der Waals surface area (Å²) in [4.78, 5) is 52.2. The lowest BCUT2D eigenvalue weighted by Gasteiger charge is -2.13. The molecule has 0 fully saturated rings. The molecule has 0 N–H and O–H groups in total. The van der Waals surface area contributed by atoms with Crippen LogP contribution in [-0.4, -0.2) is 43.7 Å². The van der Waals surface area contributed by atoms with E-state index in [9.17, 15) is 41.1 Å². The van der Waals surface area contributed by atoms with Crippen LogP contribution in [0.15, 0.2) is 66.7 Å². The molecule has 15 heteroatoms. The van der Waals surface area contributed by atoms with Crippen molar-refractivity contribution in [2.45, 2.75) is 174 Å². The summed E-state index contributed by atoms with van der Waals surface area (Å²) in [5.41, 5.74) is 0.374. The maximum Gasteiger partial charge on any atom is 0.343 e. The lowest BCUT2D eigenvalue weighted by atomic mass is 10.1. The maximum absolute atomic E-state index is 13.8. The maximum atomic E-state index is 13.8. The van der Waals surface area contributed by atoms with E-state index in [0.29, 0.717) is 50.4 Å². The third-order valence-corrected chi connectivity index (χ3v) is 12.2. The van der Waals surface area contributed by atoms with Gasteiger partial charge in [-0.25, -0.2) is 27.6 Å². The van der Waals surface area contributed by atoms with Crippen molar-refractivity contribution in [3.8, 4) is 28.7 Å². The Bertz CT molecular complexity index is 2260. The zero-order chi connectivity index (χ0) is 52.6. The molecule has 10 nitrogen and oxygen atoms in total. The molecule has 73 heavy (non-hydrogen) atoms. The minimum Gasteiger partial charge on any atom is -0.494 e. The van der Waals surface area contributed by atoms with Crippen molar-refractivity contribution in [1.29, 1.82) is 0 Å². The molecule has 0 saturated heterocycles. The van der Waals surface area contributed by atoms with E-state index < -0.39 is 58.7 Å². The Kier molecular flexibility index (Phi) is 28.1. The van der Waals surface area contributed by atoms with Crippen LogP contribution in [0.3, 0.4) is 0 Å². The summed E-state index contributed by atoms with van der Waals surface area (Å²) in [6, 6.07) is 17.3. The molecule has 0 amide bonds. The highest BCUT2D eigenvalue weighted by molar-refractivity contribution is 5.97. The molecule has 0 radical (unpaired) electrons. The van der Waals surface area contributed by atoms with Crippen molar-refractivity contribution < 1.29 is 69.6 Å². The molecule has 0 saturated carbocycles. The number of rotatable bonds is 37. The summed E-state index contributed by atoms with van der Waals surface area (Å²) >= 11 is 0. The highest BCUT2D eigenvalue weighted by atomic mass is 19.2. The van der Waals surface area contributed by atoms with Gasteiger partial charge in [0.15, 0.2) is 0 Å². The molecule has 4 aromatic carbocycles. The first-order chi connectivity index (χ1) is 35.4. The molecule has 4 aromatic rings. The normalized spacial score (nSPS) is 11.1. The van der Waals surface area contributed by atoms with Crippen molar-refractivity contribution in [2.24, 2.45) is 0 Å². The minimum absolute atomic E-state index is 0.0307. The summed E-state index contributed by atoms with van der Waals surface area (Å²) in [7, 11) is 0. The molecule has 0 aromatic heterocycles. The summed E-state index contributed by atoms with van der Waals surface area (Å²) in [5.74, 6) is -14.9. The molecule has 400 valence electrons. The summed E-state index contributed by atoms with van der Waals surface area (Å²) < 4.78 is 101. The van der Waals surface area contributed by atoms with Crippen LogP contribution in [-0.2, 0) is 9.53 Å². The van der Waals surface area contributed by atoms with Crippen molar-refractivity contribution in [2.75, 3.05) is 19.8 Å². The van der Waals surface area contributed by atoms with Gasteiger partial charge < -0.3 is 28.4 Å².